The van der Waals surface area contributed by atoms with Crippen LogP contribution in [0.3, 0.4) is 0 Å². The molecule has 1 saturated heterocycles. The molecule has 5 nitrogen and oxygen atoms in total. The van der Waals surface area contributed by atoms with Crippen LogP contribution in [0.2, 0.25) is 0 Å². The number of oxazole rings is 1. The molecule has 0 radical (unpaired) electrons. The number of likely N-dealkylation sites (tertiary alicyclic amines) is 1. The molecule has 1 amide bonds. The van der Waals surface area contributed by atoms with Crippen molar-refractivity contribution in [1.82, 2.24) is 9.88 Å². The standard InChI is InChI=1S/C19H27N3O2S/c1-15-7-12-21(13-8-15)11-4-10-20-18(23)9-14-22-16-5-2-3-6-17(16)24-19(22)25/h2-3,5-6,15H,4,7-14H2,1H3,(H,20,23)/p+1. The predicted molar refractivity (Wildman–Crippen MR) is 101 cm³/mol. The minimum absolute atomic E-state index is 0.0782. The number of benzene rings is 1. The molecule has 25 heavy (non-hydrogen) atoms. The number of amides is 1. The van der Waals surface area contributed by atoms with E-state index in [4.69, 9.17) is 16.6 Å². The lowest BCUT2D eigenvalue weighted by Crippen LogP contribution is -3.13. The number of piperidine rings is 1. The first-order valence-corrected chi connectivity index (χ1v) is 9.73. The first kappa shape index (κ1) is 18.1. The second-order valence-corrected chi connectivity index (χ2v) is 7.47. The Labute approximate surface area is 154 Å². The van der Waals surface area contributed by atoms with Gasteiger partial charge in [0.1, 0.15) is 0 Å². The average Bonchev–Trinajstić information content (AvgIpc) is 2.93. The second kappa shape index (κ2) is 8.63. The Hall–Kier alpha value is -1.66. The third-order valence-electron chi connectivity index (χ3n) is 5.15. The highest BCUT2D eigenvalue weighted by molar-refractivity contribution is 7.71. The zero-order valence-electron chi connectivity index (χ0n) is 14.9. The van der Waals surface area contributed by atoms with E-state index >= 15 is 0 Å². The van der Waals surface area contributed by atoms with Crippen LogP contribution in [0.4, 0.5) is 0 Å². The molecule has 0 aliphatic carbocycles. The number of nitrogens with one attached hydrogen (secondary N) is 2. The highest BCUT2D eigenvalue weighted by Gasteiger charge is 2.18. The number of hydrogen-bond donors (Lipinski definition) is 2. The first-order valence-electron chi connectivity index (χ1n) is 9.32. The van der Waals surface area contributed by atoms with Gasteiger partial charge in [0.25, 0.3) is 4.84 Å². The van der Waals surface area contributed by atoms with Crippen LogP contribution in [0.15, 0.2) is 28.7 Å². The Morgan fingerprint density at radius 3 is 2.92 bits per heavy atom. The Morgan fingerprint density at radius 1 is 1.36 bits per heavy atom. The highest BCUT2D eigenvalue weighted by atomic mass is 32.1. The van der Waals surface area contributed by atoms with E-state index < -0.39 is 0 Å². The molecule has 1 fully saturated rings. The number of rotatable bonds is 7. The van der Waals surface area contributed by atoms with Crippen molar-refractivity contribution in [2.45, 2.75) is 39.2 Å². The minimum atomic E-state index is 0.0782. The van der Waals surface area contributed by atoms with Crippen LogP contribution in [0.25, 0.3) is 11.1 Å². The maximum Gasteiger partial charge on any atom is 0.269 e. The van der Waals surface area contributed by atoms with Crippen LogP contribution in [-0.4, -0.2) is 36.7 Å². The molecular formula is C19H28N3O2S+. The van der Waals surface area contributed by atoms with Gasteiger partial charge in [-0.2, -0.15) is 0 Å². The van der Waals surface area contributed by atoms with Crippen molar-refractivity contribution in [2.75, 3.05) is 26.2 Å². The van der Waals surface area contributed by atoms with Crippen LogP contribution in [0, 0.1) is 10.8 Å². The van der Waals surface area contributed by atoms with Crippen molar-refractivity contribution in [3.63, 3.8) is 0 Å². The van der Waals surface area contributed by atoms with E-state index in [1.165, 1.54) is 25.9 Å². The molecular weight excluding hydrogens is 334 g/mol. The number of quaternary nitrogens is 1. The summed E-state index contributed by atoms with van der Waals surface area (Å²) in [7, 11) is 0. The topological polar surface area (TPSA) is 51.6 Å². The van der Waals surface area contributed by atoms with Crippen LogP contribution in [0.5, 0.6) is 0 Å². The zero-order chi connectivity index (χ0) is 17.6. The lowest BCUT2D eigenvalue weighted by atomic mass is 9.99. The fraction of sp³-hybridized carbons (Fsp3) is 0.579. The summed E-state index contributed by atoms with van der Waals surface area (Å²) in [6.07, 6.45) is 4.14. The number of aryl methyl sites for hydroxylation is 1. The van der Waals surface area contributed by atoms with Gasteiger partial charge in [-0.1, -0.05) is 19.1 Å². The Balaban J connectivity index is 1.38. The molecule has 2 aromatic rings. The van der Waals surface area contributed by atoms with Crippen molar-refractivity contribution in [1.29, 1.82) is 0 Å². The molecule has 0 spiro atoms. The summed E-state index contributed by atoms with van der Waals surface area (Å²) < 4.78 is 7.44. The number of aromatic nitrogens is 1. The van der Waals surface area contributed by atoms with Crippen LogP contribution in [0.1, 0.15) is 32.6 Å². The van der Waals surface area contributed by atoms with Gasteiger partial charge < -0.3 is 14.6 Å². The molecule has 0 atom stereocenters. The van der Waals surface area contributed by atoms with Gasteiger partial charge in [0.2, 0.25) is 5.91 Å². The van der Waals surface area contributed by atoms with E-state index in [0.29, 0.717) is 17.8 Å². The first-order chi connectivity index (χ1) is 12.1. The average molecular weight is 363 g/mol. The number of para-hydroxylation sites is 2. The maximum atomic E-state index is 12.1. The van der Waals surface area contributed by atoms with Gasteiger partial charge in [-0.15, -0.1) is 0 Å². The summed E-state index contributed by atoms with van der Waals surface area (Å²) in [6.45, 7) is 7.37. The van der Waals surface area contributed by atoms with Gasteiger partial charge in [0.15, 0.2) is 5.58 Å². The van der Waals surface area contributed by atoms with Gasteiger partial charge in [-0.25, -0.2) is 0 Å². The van der Waals surface area contributed by atoms with Gasteiger partial charge in [0.05, 0.1) is 25.2 Å². The molecule has 1 aliphatic heterocycles. The van der Waals surface area contributed by atoms with Gasteiger partial charge >= 0.3 is 0 Å². The van der Waals surface area contributed by atoms with Gasteiger partial charge in [-0.3, -0.25) is 9.36 Å². The molecule has 2 heterocycles. The summed E-state index contributed by atoms with van der Waals surface area (Å²) in [6, 6.07) is 7.73. The Kier molecular flexibility index (Phi) is 6.26. The predicted octanol–water partition coefficient (Wildman–Crippen LogP) is 2.17. The SMILES string of the molecule is CC1CC[NH+](CCCNC(=O)CCn2c(=S)oc3ccccc32)CC1. The quantitative estimate of drug-likeness (QED) is 0.586. The molecule has 6 heteroatoms. The van der Waals surface area contributed by atoms with E-state index in [0.717, 1.165) is 36.5 Å². The molecule has 1 aliphatic rings. The zero-order valence-corrected chi connectivity index (χ0v) is 15.7. The number of hydrogen-bond acceptors (Lipinski definition) is 3. The molecule has 3 rings (SSSR count). The van der Waals surface area contributed by atoms with Crippen molar-refractivity contribution in [3.05, 3.63) is 29.1 Å². The monoisotopic (exact) mass is 362 g/mol. The summed E-state index contributed by atoms with van der Waals surface area (Å²) >= 11 is 5.25. The molecule has 0 saturated carbocycles. The fourth-order valence-corrected chi connectivity index (χ4v) is 3.79. The molecule has 136 valence electrons. The summed E-state index contributed by atoms with van der Waals surface area (Å²) in [5, 5.41) is 3.03. The molecule has 1 aromatic carbocycles. The normalized spacial score (nSPS) is 20.7. The van der Waals surface area contributed by atoms with Crippen LogP contribution < -0.4 is 10.2 Å². The molecule has 0 bridgehead atoms. The third kappa shape index (κ3) is 4.92. The maximum absolute atomic E-state index is 12.1. The molecule has 0 unspecified atom stereocenters. The highest BCUT2D eigenvalue weighted by Crippen LogP contribution is 2.17. The second-order valence-electron chi connectivity index (χ2n) is 7.12. The summed E-state index contributed by atoms with van der Waals surface area (Å²) in [5.41, 5.74) is 1.72. The number of carbonyl (C=O) groups is 1. The van der Waals surface area contributed by atoms with E-state index in [9.17, 15) is 4.79 Å². The smallest absolute Gasteiger partial charge is 0.269 e. The third-order valence-corrected chi connectivity index (χ3v) is 5.45. The van der Waals surface area contributed by atoms with E-state index in [1.807, 2.05) is 28.8 Å². The fourth-order valence-electron chi connectivity index (χ4n) is 3.51. The lowest BCUT2D eigenvalue weighted by molar-refractivity contribution is -0.906. The van der Waals surface area contributed by atoms with Crippen molar-refractivity contribution in [3.8, 4) is 0 Å². The number of fused-ring (bicyclic) bond motifs is 1. The summed E-state index contributed by atoms with van der Waals surface area (Å²) in [4.78, 5) is 14.2. The van der Waals surface area contributed by atoms with E-state index in [-0.39, 0.29) is 5.91 Å². The lowest BCUT2D eigenvalue weighted by Gasteiger charge is -2.27. The number of carbonyl (C=O) groups excluding carboxylic acids is 1. The van der Waals surface area contributed by atoms with Crippen molar-refractivity contribution >= 4 is 29.2 Å². The Bertz CT molecular complexity index is 759. The van der Waals surface area contributed by atoms with E-state index in [2.05, 4.69) is 12.2 Å². The van der Waals surface area contributed by atoms with Crippen LogP contribution >= 0.6 is 12.2 Å². The minimum Gasteiger partial charge on any atom is -0.429 e. The molecule has 2 N–H and O–H groups in total. The summed E-state index contributed by atoms with van der Waals surface area (Å²) in [5.74, 6) is 0.962. The molecule has 1 aromatic heterocycles. The van der Waals surface area contributed by atoms with E-state index in [1.54, 1.807) is 4.90 Å². The number of nitrogens with zero attached hydrogens (tertiary/aromatic N) is 1. The van der Waals surface area contributed by atoms with Gasteiger partial charge in [-0.05, 0) is 43.1 Å². The van der Waals surface area contributed by atoms with Crippen molar-refractivity contribution < 1.29 is 14.1 Å². The van der Waals surface area contributed by atoms with Gasteiger partial charge in [0, 0.05) is 25.9 Å². The van der Waals surface area contributed by atoms with Crippen molar-refractivity contribution in [2.24, 2.45) is 5.92 Å². The Morgan fingerprint density at radius 2 is 2.12 bits per heavy atom. The van der Waals surface area contributed by atoms with Crippen LogP contribution in [-0.2, 0) is 11.3 Å². The largest absolute Gasteiger partial charge is 0.429 e.